The summed E-state index contributed by atoms with van der Waals surface area (Å²) in [6.07, 6.45) is 1.19. The largest absolute Gasteiger partial charge is 0.311 e. The number of hydrogen-bond acceptors (Lipinski definition) is 4. The zero-order valence-corrected chi connectivity index (χ0v) is 11.7. The molecule has 0 aliphatic heterocycles. The number of nitrogens with zero attached hydrogens (tertiary/aromatic N) is 2. The smallest absolute Gasteiger partial charge is 0.100 e. The third-order valence-corrected chi connectivity index (χ3v) is 4.00. The molecular formula is C13H21N3S. The Morgan fingerprint density at radius 1 is 1.59 bits per heavy atom. The van der Waals surface area contributed by atoms with Gasteiger partial charge in [-0.15, -0.1) is 11.3 Å². The second-order valence-electron chi connectivity index (χ2n) is 4.33. The molecule has 3 nitrogen and oxygen atoms in total. The Morgan fingerprint density at radius 2 is 2.35 bits per heavy atom. The molecule has 0 saturated heterocycles. The van der Waals surface area contributed by atoms with E-state index in [0.29, 0.717) is 6.04 Å². The molecule has 1 atom stereocenters. The van der Waals surface area contributed by atoms with E-state index in [4.69, 9.17) is 5.26 Å². The van der Waals surface area contributed by atoms with E-state index in [2.05, 4.69) is 37.2 Å². The van der Waals surface area contributed by atoms with Gasteiger partial charge in [0, 0.05) is 35.9 Å². The summed E-state index contributed by atoms with van der Waals surface area (Å²) >= 11 is 1.65. The maximum Gasteiger partial charge on any atom is 0.100 e. The molecule has 0 bridgehead atoms. The van der Waals surface area contributed by atoms with Crippen molar-refractivity contribution in [3.8, 4) is 6.07 Å². The molecule has 1 N–H and O–H groups in total. The third-order valence-electron chi connectivity index (χ3n) is 3.07. The summed E-state index contributed by atoms with van der Waals surface area (Å²) in [6.45, 7) is 7.37. The van der Waals surface area contributed by atoms with Crippen LogP contribution in [-0.4, -0.2) is 31.1 Å². The van der Waals surface area contributed by atoms with Crippen LogP contribution in [0.15, 0.2) is 11.4 Å². The van der Waals surface area contributed by atoms with E-state index < -0.39 is 0 Å². The van der Waals surface area contributed by atoms with Crippen molar-refractivity contribution in [1.82, 2.24) is 10.2 Å². The lowest BCUT2D eigenvalue weighted by molar-refractivity contribution is 0.252. The van der Waals surface area contributed by atoms with Gasteiger partial charge in [-0.2, -0.15) is 5.26 Å². The van der Waals surface area contributed by atoms with Crippen molar-refractivity contribution < 1.29 is 0 Å². The van der Waals surface area contributed by atoms with Crippen LogP contribution in [0.3, 0.4) is 0 Å². The van der Waals surface area contributed by atoms with Gasteiger partial charge in [0.05, 0.1) is 5.56 Å². The molecular weight excluding hydrogens is 230 g/mol. The normalized spacial score (nSPS) is 12.6. The van der Waals surface area contributed by atoms with Gasteiger partial charge in [0.25, 0.3) is 0 Å². The minimum absolute atomic E-state index is 0.642. The van der Waals surface area contributed by atoms with Crippen molar-refractivity contribution in [3.63, 3.8) is 0 Å². The van der Waals surface area contributed by atoms with Crippen LogP contribution >= 0.6 is 11.3 Å². The molecule has 0 aliphatic rings. The predicted molar refractivity (Wildman–Crippen MR) is 73.1 cm³/mol. The van der Waals surface area contributed by atoms with Crippen LogP contribution in [0.5, 0.6) is 0 Å². The highest BCUT2D eigenvalue weighted by atomic mass is 32.1. The van der Waals surface area contributed by atoms with Crippen molar-refractivity contribution in [2.75, 3.05) is 20.1 Å². The van der Waals surface area contributed by atoms with Crippen LogP contribution < -0.4 is 5.32 Å². The van der Waals surface area contributed by atoms with Crippen molar-refractivity contribution in [3.05, 3.63) is 21.9 Å². The molecule has 0 aliphatic carbocycles. The Morgan fingerprint density at radius 3 is 2.94 bits per heavy atom. The first-order chi connectivity index (χ1) is 8.17. The standard InChI is InChI=1S/C13H21N3S/c1-4-11(2)16(3)6-5-15-9-13-7-12(8-14)10-17-13/h7,10-11,15H,4-6,9H2,1-3H3. The summed E-state index contributed by atoms with van der Waals surface area (Å²) in [6, 6.07) is 4.75. The first kappa shape index (κ1) is 14.2. The van der Waals surface area contributed by atoms with E-state index in [1.54, 1.807) is 11.3 Å². The number of likely N-dealkylation sites (N-methyl/N-ethyl adjacent to an activating group) is 1. The predicted octanol–water partition coefficient (Wildman–Crippen LogP) is 2.44. The summed E-state index contributed by atoms with van der Waals surface area (Å²) in [4.78, 5) is 3.59. The van der Waals surface area contributed by atoms with Crippen molar-refractivity contribution in [2.45, 2.75) is 32.9 Å². The lowest BCUT2D eigenvalue weighted by Crippen LogP contribution is -2.34. The highest BCUT2D eigenvalue weighted by molar-refractivity contribution is 7.10. The fraction of sp³-hybridized carbons (Fsp3) is 0.615. The van der Waals surface area contributed by atoms with E-state index in [-0.39, 0.29) is 0 Å². The number of thiophene rings is 1. The number of nitriles is 1. The molecule has 0 amide bonds. The number of hydrogen-bond donors (Lipinski definition) is 1. The quantitative estimate of drug-likeness (QED) is 0.757. The zero-order chi connectivity index (χ0) is 12.7. The van der Waals surface area contributed by atoms with Gasteiger partial charge in [0.1, 0.15) is 6.07 Å². The van der Waals surface area contributed by atoms with Gasteiger partial charge in [-0.25, -0.2) is 0 Å². The average Bonchev–Trinajstić information content (AvgIpc) is 2.81. The number of rotatable bonds is 7. The highest BCUT2D eigenvalue weighted by Crippen LogP contribution is 2.13. The molecule has 1 aromatic rings. The summed E-state index contributed by atoms with van der Waals surface area (Å²) in [7, 11) is 2.16. The maximum absolute atomic E-state index is 8.71. The van der Waals surface area contributed by atoms with E-state index in [9.17, 15) is 0 Å². The lowest BCUT2D eigenvalue weighted by Gasteiger charge is -2.23. The summed E-state index contributed by atoms with van der Waals surface area (Å²) in [5.41, 5.74) is 0.767. The first-order valence-electron chi connectivity index (χ1n) is 6.05. The van der Waals surface area contributed by atoms with Crippen LogP contribution in [0.25, 0.3) is 0 Å². The average molecular weight is 251 g/mol. The molecule has 17 heavy (non-hydrogen) atoms. The van der Waals surface area contributed by atoms with Gasteiger partial charge >= 0.3 is 0 Å². The second-order valence-corrected chi connectivity index (χ2v) is 5.32. The summed E-state index contributed by atoms with van der Waals surface area (Å²) in [5, 5.41) is 14.0. The maximum atomic E-state index is 8.71. The molecule has 1 unspecified atom stereocenters. The Hall–Kier alpha value is -0.890. The minimum atomic E-state index is 0.642. The molecule has 4 heteroatoms. The second kappa shape index (κ2) is 7.44. The molecule has 94 valence electrons. The monoisotopic (exact) mass is 251 g/mol. The molecule has 0 fully saturated rings. The van der Waals surface area contributed by atoms with Gasteiger partial charge in [-0.05, 0) is 26.5 Å². The summed E-state index contributed by atoms with van der Waals surface area (Å²) in [5.74, 6) is 0. The van der Waals surface area contributed by atoms with Crippen LogP contribution in [0.1, 0.15) is 30.7 Å². The fourth-order valence-corrected chi connectivity index (χ4v) is 2.31. The van der Waals surface area contributed by atoms with Crippen molar-refractivity contribution in [1.29, 1.82) is 5.26 Å². The molecule has 1 rings (SSSR count). The highest BCUT2D eigenvalue weighted by Gasteiger charge is 2.05. The Labute approximate surface area is 108 Å². The fourth-order valence-electron chi connectivity index (χ4n) is 1.53. The molecule has 0 aromatic carbocycles. The van der Waals surface area contributed by atoms with E-state index >= 15 is 0 Å². The molecule has 0 saturated carbocycles. The van der Waals surface area contributed by atoms with Gasteiger partial charge in [-0.1, -0.05) is 6.92 Å². The molecule has 0 radical (unpaired) electrons. The van der Waals surface area contributed by atoms with Gasteiger partial charge in [0.15, 0.2) is 0 Å². The molecule has 1 heterocycles. The summed E-state index contributed by atoms with van der Waals surface area (Å²) < 4.78 is 0. The van der Waals surface area contributed by atoms with Crippen LogP contribution in [-0.2, 0) is 6.54 Å². The van der Waals surface area contributed by atoms with E-state index in [1.165, 1.54) is 11.3 Å². The lowest BCUT2D eigenvalue weighted by atomic mass is 10.2. The Balaban J connectivity index is 2.18. The van der Waals surface area contributed by atoms with Crippen molar-refractivity contribution >= 4 is 11.3 Å². The van der Waals surface area contributed by atoms with Crippen LogP contribution in [0.2, 0.25) is 0 Å². The number of nitrogens with one attached hydrogen (secondary N) is 1. The van der Waals surface area contributed by atoms with Crippen LogP contribution in [0.4, 0.5) is 0 Å². The van der Waals surface area contributed by atoms with Gasteiger partial charge < -0.3 is 10.2 Å². The minimum Gasteiger partial charge on any atom is -0.311 e. The Bertz CT molecular complexity index is 367. The van der Waals surface area contributed by atoms with E-state index in [1.807, 2.05) is 11.4 Å². The zero-order valence-electron chi connectivity index (χ0n) is 10.9. The first-order valence-corrected chi connectivity index (χ1v) is 6.93. The topological polar surface area (TPSA) is 39.1 Å². The molecule has 0 spiro atoms. The Kier molecular flexibility index (Phi) is 6.20. The third kappa shape index (κ3) is 4.86. The molecule has 1 aromatic heterocycles. The van der Waals surface area contributed by atoms with Gasteiger partial charge in [-0.3, -0.25) is 0 Å². The van der Waals surface area contributed by atoms with Crippen LogP contribution in [0, 0.1) is 11.3 Å². The van der Waals surface area contributed by atoms with Gasteiger partial charge in [0.2, 0.25) is 0 Å². The van der Waals surface area contributed by atoms with E-state index in [0.717, 1.165) is 25.2 Å². The van der Waals surface area contributed by atoms with Crippen molar-refractivity contribution in [2.24, 2.45) is 0 Å². The SMILES string of the molecule is CCC(C)N(C)CCNCc1cc(C#N)cs1.